The normalized spacial score (nSPS) is 33.6. The first-order chi connectivity index (χ1) is 7.95. The van der Waals surface area contributed by atoms with E-state index in [0.717, 1.165) is 17.1 Å². The van der Waals surface area contributed by atoms with Crippen LogP contribution < -0.4 is 0 Å². The van der Waals surface area contributed by atoms with E-state index in [-0.39, 0.29) is 0 Å². The van der Waals surface area contributed by atoms with Crippen molar-refractivity contribution in [1.29, 1.82) is 0 Å². The number of hydrogen-bond acceptors (Lipinski definition) is 1. The van der Waals surface area contributed by atoms with Crippen LogP contribution in [0.5, 0.6) is 0 Å². The van der Waals surface area contributed by atoms with Crippen molar-refractivity contribution in [3.63, 3.8) is 0 Å². The molecule has 0 amide bonds. The molecule has 2 aliphatic rings. The Morgan fingerprint density at radius 2 is 1.44 bits per heavy atom. The molecule has 0 nitrogen and oxygen atoms in total. The largest absolute Gasteiger partial charge is 0.122 e. The highest BCUT2D eigenvalue weighted by Gasteiger charge is 2.49. The molecule has 0 saturated heterocycles. The van der Waals surface area contributed by atoms with Crippen LogP contribution in [0.25, 0.3) is 0 Å². The summed E-state index contributed by atoms with van der Waals surface area (Å²) in [7, 11) is 0. The molecule has 0 radical (unpaired) electrons. The van der Waals surface area contributed by atoms with E-state index in [0.29, 0.717) is 0 Å². The number of rotatable bonds is 2. The van der Waals surface area contributed by atoms with Gasteiger partial charge in [0.05, 0.1) is 0 Å². The van der Waals surface area contributed by atoms with E-state index >= 15 is 0 Å². The zero-order valence-corrected chi connectivity index (χ0v) is 10.6. The van der Waals surface area contributed by atoms with Crippen LogP contribution in [0.2, 0.25) is 0 Å². The fraction of sp³-hybridized carbons (Fsp3) is 0.600. The predicted molar refractivity (Wildman–Crippen MR) is 70.8 cm³/mol. The fourth-order valence-corrected chi connectivity index (χ4v) is 4.67. The summed E-state index contributed by atoms with van der Waals surface area (Å²) in [4.78, 5) is 1.47. The van der Waals surface area contributed by atoms with Gasteiger partial charge in [-0.05, 0) is 36.8 Å². The predicted octanol–water partition coefficient (Wildman–Crippen LogP) is 4.75. The van der Waals surface area contributed by atoms with Crippen LogP contribution in [0.15, 0.2) is 35.2 Å². The Morgan fingerprint density at radius 3 is 2.06 bits per heavy atom. The van der Waals surface area contributed by atoms with Gasteiger partial charge in [0.15, 0.2) is 0 Å². The Kier molecular flexibility index (Phi) is 3.23. The van der Waals surface area contributed by atoms with Gasteiger partial charge < -0.3 is 0 Å². The molecule has 0 spiro atoms. The van der Waals surface area contributed by atoms with E-state index in [2.05, 4.69) is 42.1 Å². The van der Waals surface area contributed by atoms with Gasteiger partial charge in [-0.3, -0.25) is 0 Å². The topological polar surface area (TPSA) is 0 Å². The summed E-state index contributed by atoms with van der Waals surface area (Å²) in [6.45, 7) is 0. The summed E-state index contributed by atoms with van der Waals surface area (Å²) in [6.07, 6.45) is 8.91. The first-order valence-corrected chi connectivity index (χ1v) is 7.55. The van der Waals surface area contributed by atoms with Crippen LogP contribution in [0.3, 0.4) is 0 Å². The van der Waals surface area contributed by atoms with E-state index in [1.807, 2.05) is 0 Å². The van der Waals surface area contributed by atoms with Crippen LogP contribution in [0, 0.1) is 11.8 Å². The minimum Gasteiger partial charge on any atom is -0.122 e. The van der Waals surface area contributed by atoms with Crippen molar-refractivity contribution in [1.82, 2.24) is 0 Å². The molecular formula is C15H20S. The highest BCUT2D eigenvalue weighted by Crippen LogP contribution is 2.56. The third-order valence-corrected chi connectivity index (χ3v) is 5.61. The number of fused-ring (bicyclic) bond motifs is 1. The summed E-state index contributed by atoms with van der Waals surface area (Å²) >= 11 is 2.13. The summed E-state index contributed by atoms with van der Waals surface area (Å²) < 4.78 is 0. The Morgan fingerprint density at radius 1 is 0.812 bits per heavy atom. The van der Waals surface area contributed by atoms with Gasteiger partial charge in [0, 0.05) is 10.1 Å². The maximum atomic E-state index is 2.26. The maximum absolute atomic E-state index is 2.26. The molecule has 2 atom stereocenters. The molecule has 2 aliphatic carbocycles. The first-order valence-electron chi connectivity index (χ1n) is 6.67. The number of hydrogen-bond donors (Lipinski definition) is 0. The van der Waals surface area contributed by atoms with Gasteiger partial charge in [0.2, 0.25) is 0 Å². The van der Waals surface area contributed by atoms with E-state index < -0.39 is 0 Å². The van der Waals surface area contributed by atoms with Crippen molar-refractivity contribution in [2.45, 2.75) is 48.7 Å². The van der Waals surface area contributed by atoms with Gasteiger partial charge >= 0.3 is 0 Å². The lowest BCUT2D eigenvalue weighted by molar-refractivity contribution is 0.485. The molecule has 1 aromatic carbocycles. The summed E-state index contributed by atoms with van der Waals surface area (Å²) in [5.74, 6) is 2.09. The van der Waals surface area contributed by atoms with Crippen molar-refractivity contribution >= 4 is 11.8 Å². The lowest BCUT2D eigenvalue weighted by atomic mass is 10.0. The van der Waals surface area contributed by atoms with E-state index in [9.17, 15) is 0 Å². The van der Waals surface area contributed by atoms with E-state index in [4.69, 9.17) is 0 Å². The smallest absolute Gasteiger partial charge is 0.0157 e. The van der Waals surface area contributed by atoms with E-state index in [1.54, 1.807) is 0 Å². The van der Waals surface area contributed by atoms with Crippen LogP contribution in [0.4, 0.5) is 0 Å². The van der Waals surface area contributed by atoms with Gasteiger partial charge in [-0.25, -0.2) is 0 Å². The maximum Gasteiger partial charge on any atom is 0.0157 e. The zero-order chi connectivity index (χ0) is 10.8. The molecular weight excluding hydrogens is 212 g/mol. The second-order valence-electron chi connectivity index (χ2n) is 5.21. The highest BCUT2D eigenvalue weighted by molar-refractivity contribution is 8.00. The molecule has 0 aromatic heterocycles. The second kappa shape index (κ2) is 4.83. The standard InChI is InChI=1S/C15H20S/c1-2-7-11-14-13(10-6-1)15(14)16-12-8-4-3-5-9-12/h3-5,8-9,13-15H,1-2,6-7,10-11H2. The molecule has 16 heavy (non-hydrogen) atoms. The highest BCUT2D eigenvalue weighted by atomic mass is 32.2. The Bertz CT molecular complexity index is 319. The third kappa shape index (κ3) is 2.29. The molecule has 1 heteroatoms. The molecule has 0 bridgehead atoms. The zero-order valence-electron chi connectivity index (χ0n) is 9.77. The summed E-state index contributed by atoms with van der Waals surface area (Å²) in [5, 5.41) is 0.945. The second-order valence-corrected chi connectivity index (χ2v) is 6.47. The molecule has 2 fully saturated rings. The molecule has 3 rings (SSSR count). The molecule has 0 heterocycles. The van der Waals surface area contributed by atoms with Gasteiger partial charge in [0.1, 0.15) is 0 Å². The molecule has 2 saturated carbocycles. The van der Waals surface area contributed by atoms with Crippen molar-refractivity contribution in [3.8, 4) is 0 Å². The number of thioether (sulfide) groups is 1. The summed E-state index contributed by atoms with van der Waals surface area (Å²) in [6, 6.07) is 11.0. The molecule has 0 aliphatic heterocycles. The van der Waals surface area contributed by atoms with Crippen LogP contribution in [0.1, 0.15) is 38.5 Å². The average Bonchev–Trinajstić information content (AvgIpc) is 2.89. The third-order valence-electron chi connectivity index (χ3n) is 4.09. The van der Waals surface area contributed by atoms with Crippen molar-refractivity contribution in [2.75, 3.05) is 0 Å². The summed E-state index contributed by atoms with van der Waals surface area (Å²) in [5.41, 5.74) is 0. The minimum absolute atomic E-state index is 0.945. The Balaban J connectivity index is 1.61. The molecule has 86 valence electrons. The Hall–Kier alpha value is -0.430. The van der Waals surface area contributed by atoms with Gasteiger partial charge in [0.25, 0.3) is 0 Å². The minimum atomic E-state index is 0.945. The van der Waals surface area contributed by atoms with Gasteiger partial charge in [-0.15, -0.1) is 11.8 Å². The molecule has 2 unspecified atom stereocenters. The van der Waals surface area contributed by atoms with Crippen molar-refractivity contribution < 1.29 is 0 Å². The first kappa shape index (κ1) is 10.7. The lowest BCUT2D eigenvalue weighted by Gasteiger charge is -2.04. The van der Waals surface area contributed by atoms with Crippen molar-refractivity contribution in [2.24, 2.45) is 11.8 Å². The van der Waals surface area contributed by atoms with E-state index in [1.165, 1.54) is 43.4 Å². The Labute approximate surface area is 103 Å². The average molecular weight is 232 g/mol. The molecule has 1 aromatic rings. The quantitative estimate of drug-likeness (QED) is 0.709. The lowest BCUT2D eigenvalue weighted by Crippen LogP contribution is -1.90. The number of benzene rings is 1. The van der Waals surface area contributed by atoms with Gasteiger partial charge in [-0.1, -0.05) is 43.9 Å². The molecule has 0 N–H and O–H groups in total. The van der Waals surface area contributed by atoms with Gasteiger partial charge in [-0.2, -0.15) is 0 Å². The van der Waals surface area contributed by atoms with Crippen molar-refractivity contribution in [3.05, 3.63) is 30.3 Å². The monoisotopic (exact) mass is 232 g/mol. The SMILES string of the molecule is c1ccc(SC2C3CCCCCCC32)cc1. The van der Waals surface area contributed by atoms with Crippen LogP contribution in [-0.2, 0) is 0 Å². The fourth-order valence-electron chi connectivity index (χ4n) is 3.11. The van der Waals surface area contributed by atoms with Crippen LogP contribution >= 0.6 is 11.8 Å². The van der Waals surface area contributed by atoms with Crippen LogP contribution in [-0.4, -0.2) is 5.25 Å².